The smallest absolute Gasteiger partial charge is 0.326 e. The molecule has 2 saturated carbocycles. The molecule has 1 aromatic rings. The largest absolute Gasteiger partial charge is 0.480 e. The number of carbonyl (C=O) groups excluding carboxylic acids is 1. The number of amides is 1. The van der Waals surface area contributed by atoms with Gasteiger partial charge in [0.25, 0.3) is 0 Å². The number of carboxylic acids is 1. The number of aliphatic carboxylic acids is 1. The summed E-state index contributed by atoms with van der Waals surface area (Å²) in [6.07, 6.45) is 3.94. The molecule has 110 valence electrons. The molecule has 4 atom stereocenters. The zero-order chi connectivity index (χ0) is 14.6. The maximum Gasteiger partial charge on any atom is 0.326 e. The number of hydrogen-bond donors (Lipinski definition) is 1. The number of benzene rings is 1. The fourth-order valence-electron chi connectivity index (χ4n) is 4.35. The number of carbonyl (C=O) groups is 2. The first-order chi connectivity index (χ1) is 10.2. The van der Waals surface area contributed by atoms with Crippen molar-refractivity contribution in [2.24, 2.45) is 17.8 Å². The van der Waals surface area contributed by atoms with E-state index in [9.17, 15) is 14.7 Å². The molecule has 4 heteroatoms. The summed E-state index contributed by atoms with van der Waals surface area (Å²) < 4.78 is 0. The predicted molar refractivity (Wildman–Crippen MR) is 76.4 cm³/mol. The second-order valence-corrected chi connectivity index (χ2v) is 6.58. The fourth-order valence-corrected chi connectivity index (χ4v) is 4.35. The Balaban J connectivity index is 1.60. The Morgan fingerprint density at radius 3 is 2.43 bits per heavy atom. The molecule has 1 unspecified atom stereocenters. The van der Waals surface area contributed by atoms with Crippen molar-refractivity contribution in [3.63, 3.8) is 0 Å². The number of carboxylic acid groups (broad SMARTS) is 1. The maximum atomic E-state index is 12.8. The predicted octanol–water partition coefficient (Wildman–Crippen LogP) is 2.07. The summed E-state index contributed by atoms with van der Waals surface area (Å²) in [5.74, 6) is 0.356. The Morgan fingerprint density at radius 1 is 1.10 bits per heavy atom. The minimum atomic E-state index is -0.885. The number of fused-ring (bicyclic) bond motifs is 2. The molecule has 0 aromatic heterocycles. The van der Waals surface area contributed by atoms with Gasteiger partial charge in [-0.25, -0.2) is 4.79 Å². The van der Waals surface area contributed by atoms with Gasteiger partial charge in [-0.3, -0.25) is 4.79 Å². The van der Waals surface area contributed by atoms with Gasteiger partial charge in [-0.2, -0.15) is 0 Å². The molecule has 0 bridgehead atoms. The second-order valence-electron chi connectivity index (χ2n) is 6.58. The zero-order valence-corrected chi connectivity index (χ0v) is 11.9. The molecule has 0 radical (unpaired) electrons. The monoisotopic (exact) mass is 285 g/mol. The van der Waals surface area contributed by atoms with Crippen LogP contribution in [0.25, 0.3) is 0 Å². The molecule has 1 aromatic carbocycles. The molecule has 2 fully saturated rings. The molecule has 21 heavy (non-hydrogen) atoms. The Bertz CT molecular complexity index is 602. The summed E-state index contributed by atoms with van der Waals surface area (Å²) in [4.78, 5) is 26.0. The van der Waals surface area contributed by atoms with E-state index < -0.39 is 12.0 Å². The molecule has 4 rings (SSSR count). The highest BCUT2D eigenvalue weighted by molar-refractivity contribution is 5.88. The normalized spacial score (nSPS) is 33.2. The van der Waals surface area contributed by atoms with Crippen molar-refractivity contribution in [1.29, 1.82) is 0 Å². The van der Waals surface area contributed by atoms with Crippen molar-refractivity contribution < 1.29 is 14.7 Å². The molecule has 0 spiro atoms. The molecule has 1 aliphatic heterocycles. The highest BCUT2D eigenvalue weighted by Gasteiger charge is 2.58. The van der Waals surface area contributed by atoms with Crippen molar-refractivity contribution >= 4 is 11.9 Å². The minimum absolute atomic E-state index is 0.0756. The molecular weight excluding hydrogens is 266 g/mol. The number of hydrogen-bond acceptors (Lipinski definition) is 2. The van der Waals surface area contributed by atoms with E-state index in [0.717, 1.165) is 24.0 Å². The van der Waals surface area contributed by atoms with Gasteiger partial charge < -0.3 is 10.0 Å². The van der Waals surface area contributed by atoms with Crippen LogP contribution in [0.2, 0.25) is 0 Å². The van der Waals surface area contributed by atoms with Crippen LogP contribution in [0.1, 0.15) is 30.4 Å². The highest BCUT2D eigenvalue weighted by atomic mass is 16.4. The van der Waals surface area contributed by atoms with Gasteiger partial charge >= 0.3 is 5.97 Å². The van der Waals surface area contributed by atoms with Crippen LogP contribution in [0, 0.1) is 17.8 Å². The van der Waals surface area contributed by atoms with Crippen molar-refractivity contribution in [2.75, 3.05) is 0 Å². The Morgan fingerprint density at radius 2 is 1.76 bits per heavy atom. The van der Waals surface area contributed by atoms with Crippen LogP contribution in [-0.4, -0.2) is 27.9 Å². The van der Waals surface area contributed by atoms with Crippen molar-refractivity contribution in [3.8, 4) is 0 Å². The fraction of sp³-hybridized carbons (Fsp3) is 0.529. The highest BCUT2D eigenvalue weighted by Crippen LogP contribution is 2.58. The lowest BCUT2D eigenvalue weighted by Gasteiger charge is -2.35. The Labute approximate surface area is 123 Å². The average Bonchev–Trinajstić information content (AvgIpc) is 2.97. The van der Waals surface area contributed by atoms with Crippen LogP contribution in [0.3, 0.4) is 0 Å². The van der Waals surface area contributed by atoms with Crippen molar-refractivity contribution in [1.82, 2.24) is 4.90 Å². The van der Waals surface area contributed by atoms with Crippen LogP contribution in [0.5, 0.6) is 0 Å². The van der Waals surface area contributed by atoms with E-state index in [1.54, 1.807) is 4.90 Å². The summed E-state index contributed by atoms with van der Waals surface area (Å²) >= 11 is 0. The first-order valence-electron chi connectivity index (χ1n) is 7.77. The summed E-state index contributed by atoms with van der Waals surface area (Å²) in [6, 6.07) is 7.16. The van der Waals surface area contributed by atoms with Gasteiger partial charge in [0, 0.05) is 18.9 Å². The van der Waals surface area contributed by atoms with E-state index in [1.165, 1.54) is 6.42 Å². The average molecular weight is 285 g/mol. The summed E-state index contributed by atoms with van der Waals surface area (Å²) in [7, 11) is 0. The lowest BCUT2D eigenvalue weighted by Crippen LogP contribution is -2.49. The second kappa shape index (κ2) is 4.58. The van der Waals surface area contributed by atoms with Gasteiger partial charge in [-0.05, 0) is 35.8 Å². The van der Waals surface area contributed by atoms with Gasteiger partial charge in [0.2, 0.25) is 5.91 Å². The Kier molecular flexibility index (Phi) is 2.81. The summed E-state index contributed by atoms with van der Waals surface area (Å²) in [5.41, 5.74) is 2.15. The first kappa shape index (κ1) is 12.9. The van der Waals surface area contributed by atoms with Crippen molar-refractivity contribution in [3.05, 3.63) is 35.4 Å². The minimum Gasteiger partial charge on any atom is -0.480 e. The Hall–Kier alpha value is -1.84. The SMILES string of the molecule is O=C(O)[C@H]1Cc2ccccc2CN1C(=O)C1[C@H]2CCC[C@@H]12. The molecule has 1 amide bonds. The molecular formula is C17H19NO3. The van der Waals surface area contributed by atoms with Gasteiger partial charge in [0.1, 0.15) is 6.04 Å². The number of rotatable bonds is 2. The lowest BCUT2D eigenvalue weighted by atomic mass is 9.93. The van der Waals surface area contributed by atoms with Gasteiger partial charge in [-0.1, -0.05) is 30.7 Å². The molecule has 0 saturated heterocycles. The van der Waals surface area contributed by atoms with Crippen LogP contribution in [0.15, 0.2) is 24.3 Å². The van der Waals surface area contributed by atoms with E-state index in [-0.39, 0.29) is 11.8 Å². The molecule has 1 heterocycles. The summed E-state index contributed by atoms with van der Waals surface area (Å²) in [6.45, 7) is 0.446. The van der Waals surface area contributed by atoms with Crippen molar-refractivity contribution in [2.45, 2.75) is 38.3 Å². The third kappa shape index (κ3) is 1.96. The maximum absolute atomic E-state index is 12.8. The van der Waals surface area contributed by atoms with Gasteiger partial charge in [0.05, 0.1) is 0 Å². The standard InChI is InChI=1S/C17H19NO3/c19-16(15-12-6-3-7-13(12)15)18-9-11-5-2-1-4-10(11)8-14(18)17(20)21/h1-2,4-5,12-15H,3,6-9H2,(H,20,21)/t12-,13+,14-,15?/m1/s1. The van der Waals surface area contributed by atoms with Crippen LogP contribution < -0.4 is 0 Å². The van der Waals surface area contributed by atoms with E-state index >= 15 is 0 Å². The van der Waals surface area contributed by atoms with Crippen LogP contribution in [0.4, 0.5) is 0 Å². The van der Waals surface area contributed by atoms with Crippen LogP contribution >= 0.6 is 0 Å². The molecule has 4 nitrogen and oxygen atoms in total. The van der Waals surface area contributed by atoms with E-state index in [4.69, 9.17) is 0 Å². The van der Waals surface area contributed by atoms with Gasteiger partial charge in [0.15, 0.2) is 0 Å². The number of nitrogens with zero attached hydrogens (tertiary/aromatic N) is 1. The quantitative estimate of drug-likeness (QED) is 0.905. The van der Waals surface area contributed by atoms with Crippen LogP contribution in [-0.2, 0) is 22.6 Å². The molecule has 2 aliphatic carbocycles. The first-order valence-corrected chi connectivity index (χ1v) is 7.77. The lowest BCUT2D eigenvalue weighted by molar-refractivity contribution is -0.152. The van der Waals surface area contributed by atoms with Gasteiger partial charge in [-0.15, -0.1) is 0 Å². The summed E-state index contributed by atoms with van der Waals surface area (Å²) in [5, 5.41) is 9.49. The zero-order valence-electron chi connectivity index (χ0n) is 11.9. The third-order valence-electron chi connectivity index (χ3n) is 5.51. The van der Waals surface area contributed by atoms with E-state index in [2.05, 4.69) is 0 Å². The molecule has 3 aliphatic rings. The topological polar surface area (TPSA) is 57.6 Å². The van der Waals surface area contributed by atoms with E-state index in [0.29, 0.717) is 24.8 Å². The third-order valence-corrected chi connectivity index (χ3v) is 5.51. The van der Waals surface area contributed by atoms with E-state index in [1.807, 2.05) is 24.3 Å². The molecule has 1 N–H and O–H groups in total.